The van der Waals surface area contributed by atoms with E-state index in [1.807, 2.05) is 0 Å². The van der Waals surface area contributed by atoms with Crippen molar-refractivity contribution in [2.75, 3.05) is 13.7 Å². The van der Waals surface area contributed by atoms with E-state index in [-0.39, 0.29) is 6.61 Å². The second-order valence-electron chi connectivity index (χ2n) is 3.05. The SMILES string of the molecule is COC[C@@](ON)(C(=O)O)c1ccccc1. The minimum Gasteiger partial charge on any atom is -0.479 e. The molecule has 0 saturated carbocycles. The first-order valence-corrected chi connectivity index (χ1v) is 4.33. The first-order valence-electron chi connectivity index (χ1n) is 4.33. The molecule has 0 bridgehead atoms. The Bertz CT molecular complexity index is 327. The van der Waals surface area contributed by atoms with Gasteiger partial charge in [0.15, 0.2) is 0 Å². The maximum atomic E-state index is 11.2. The molecule has 0 amide bonds. The molecule has 0 unspecified atom stereocenters. The van der Waals surface area contributed by atoms with Gasteiger partial charge in [0.2, 0.25) is 5.60 Å². The maximum absolute atomic E-state index is 11.2. The molecular formula is C10H13NO4. The van der Waals surface area contributed by atoms with Gasteiger partial charge in [0.05, 0.1) is 6.61 Å². The van der Waals surface area contributed by atoms with E-state index in [0.29, 0.717) is 5.56 Å². The zero-order chi connectivity index (χ0) is 11.3. The highest BCUT2D eigenvalue weighted by atomic mass is 16.7. The summed E-state index contributed by atoms with van der Waals surface area (Å²) in [6.07, 6.45) is 0. The molecule has 0 aliphatic rings. The Balaban J connectivity index is 3.15. The fourth-order valence-electron chi connectivity index (χ4n) is 1.33. The lowest BCUT2D eigenvalue weighted by atomic mass is 9.95. The summed E-state index contributed by atoms with van der Waals surface area (Å²) in [5, 5.41) is 9.12. The third-order valence-electron chi connectivity index (χ3n) is 2.13. The Morgan fingerprint density at radius 2 is 2.07 bits per heavy atom. The molecule has 0 aliphatic heterocycles. The number of carboxylic acids is 1. The molecule has 82 valence electrons. The molecule has 0 heterocycles. The van der Waals surface area contributed by atoms with Crippen molar-refractivity contribution in [3.8, 4) is 0 Å². The van der Waals surface area contributed by atoms with E-state index in [1.165, 1.54) is 7.11 Å². The summed E-state index contributed by atoms with van der Waals surface area (Å²) in [6, 6.07) is 8.45. The lowest BCUT2D eigenvalue weighted by Gasteiger charge is -2.26. The monoisotopic (exact) mass is 211 g/mol. The maximum Gasteiger partial charge on any atom is 0.345 e. The lowest BCUT2D eigenvalue weighted by molar-refractivity contribution is -0.177. The summed E-state index contributed by atoms with van der Waals surface area (Å²) in [4.78, 5) is 15.8. The molecule has 0 spiro atoms. The number of benzene rings is 1. The number of rotatable bonds is 5. The minimum atomic E-state index is -1.64. The standard InChI is InChI=1S/C10H13NO4/c1-14-7-10(15-11,9(12)13)8-5-3-2-4-6-8/h2-6H,7,11H2,1H3,(H,12,13)/t10-/m0/s1. The number of hydrogen-bond donors (Lipinski definition) is 2. The number of carboxylic acid groups (broad SMARTS) is 1. The van der Waals surface area contributed by atoms with Gasteiger partial charge < -0.3 is 9.84 Å². The van der Waals surface area contributed by atoms with E-state index in [2.05, 4.69) is 4.84 Å². The van der Waals surface area contributed by atoms with Crippen molar-refractivity contribution in [3.63, 3.8) is 0 Å². The van der Waals surface area contributed by atoms with Gasteiger partial charge in [-0.25, -0.2) is 10.7 Å². The minimum absolute atomic E-state index is 0.150. The van der Waals surface area contributed by atoms with Gasteiger partial charge in [-0.1, -0.05) is 30.3 Å². The van der Waals surface area contributed by atoms with Crippen molar-refractivity contribution in [3.05, 3.63) is 35.9 Å². The molecule has 1 atom stereocenters. The van der Waals surface area contributed by atoms with E-state index in [1.54, 1.807) is 30.3 Å². The third-order valence-corrected chi connectivity index (χ3v) is 2.13. The van der Waals surface area contributed by atoms with E-state index in [0.717, 1.165) is 0 Å². The van der Waals surface area contributed by atoms with Crippen molar-refractivity contribution in [2.24, 2.45) is 5.90 Å². The predicted octanol–water partition coefficient (Wildman–Crippen LogP) is 0.503. The molecular weight excluding hydrogens is 198 g/mol. The number of carbonyl (C=O) groups is 1. The van der Waals surface area contributed by atoms with E-state index in [9.17, 15) is 4.79 Å². The van der Waals surface area contributed by atoms with Crippen LogP contribution >= 0.6 is 0 Å². The van der Waals surface area contributed by atoms with Crippen LogP contribution < -0.4 is 5.90 Å². The van der Waals surface area contributed by atoms with Gasteiger partial charge in [0.1, 0.15) is 0 Å². The van der Waals surface area contributed by atoms with E-state index < -0.39 is 11.6 Å². The molecule has 0 aliphatic carbocycles. The van der Waals surface area contributed by atoms with Crippen LogP contribution in [0.4, 0.5) is 0 Å². The van der Waals surface area contributed by atoms with Gasteiger partial charge in [0, 0.05) is 7.11 Å². The summed E-state index contributed by atoms with van der Waals surface area (Å²) in [5.41, 5.74) is -1.20. The zero-order valence-corrected chi connectivity index (χ0v) is 8.34. The molecule has 1 rings (SSSR count). The average Bonchev–Trinajstić information content (AvgIpc) is 2.26. The molecule has 0 saturated heterocycles. The normalized spacial score (nSPS) is 14.5. The van der Waals surface area contributed by atoms with Crippen LogP contribution in [0.2, 0.25) is 0 Å². The van der Waals surface area contributed by atoms with Gasteiger partial charge in [-0.3, -0.25) is 4.84 Å². The Hall–Kier alpha value is -1.43. The molecule has 15 heavy (non-hydrogen) atoms. The fraction of sp³-hybridized carbons (Fsp3) is 0.300. The first-order chi connectivity index (χ1) is 7.17. The van der Waals surface area contributed by atoms with E-state index >= 15 is 0 Å². The number of aliphatic carboxylic acids is 1. The number of methoxy groups -OCH3 is 1. The molecule has 0 radical (unpaired) electrons. The molecule has 1 aromatic carbocycles. The smallest absolute Gasteiger partial charge is 0.345 e. The van der Waals surface area contributed by atoms with Crippen molar-refractivity contribution in [2.45, 2.75) is 5.60 Å². The van der Waals surface area contributed by atoms with Gasteiger partial charge in [-0.15, -0.1) is 0 Å². The second-order valence-corrected chi connectivity index (χ2v) is 3.05. The van der Waals surface area contributed by atoms with Crippen LogP contribution in [-0.4, -0.2) is 24.8 Å². The summed E-state index contributed by atoms with van der Waals surface area (Å²) in [6.45, 7) is -0.150. The predicted molar refractivity (Wildman–Crippen MR) is 52.9 cm³/mol. The van der Waals surface area contributed by atoms with Crippen LogP contribution in [0.15, 0.2) is 30.3 Å². The topological polar surface area (TPSA) is 81.8 Å². The Kier molecular flexibility index (Phi) is 3.79. The third kappa shape index (κ3) is 2.15. The highest BCUT2D eigenvalue weighted by Crippen LogP contribution is 2.24. The number of nitrogens with two attached hydrogens (primary N) is 1. The van der Waals surface area contributed by atoms with Crippen LogP contribution in [0.25, 0.3) is 0 Å². The summed E-state index contributed by atoms with van der Waals surface area (Å²) >= 11 is 0. The highest BCUT2D eigenvalue weighted by molar-refractivity contribution is 5.79. The summed E-state index contributed by atoms with van der Waals surface area (Å²) < 4.78 is 4.83. The molecule has 3 N–H and O–H groups in total. The van der Waals surface area contributed by atoms with Gasteiger partial charge in [-0.05, 0) is 5.56 Å². The second kappa shape index (κ2) is 4.88. The van der Waals surface area contributed by atoms with Gasteiger partial charge in [0.25, 0.3) is 0 Å². The quantitative estimate of drug-likeness (QED) is 0.693. The molecule has 5 heteroatoms. The highest BCUT2D eigenvalue weighted by Gasteiger charge is 2.42. The van der Waals surface area contributed by atoms with E-state index in [4.69, 9.17) is 15.7 Å². The van der Waals surface area contributed by atoms with Gasteiger partial charge >= 0.3 is 5.97 Å². The Morgan fingerprint density at radius 3 is 2.47 bits per heavy atom. The summed E-state index contributed by atoms with van der Waals surface area (Å²) in [5.74, 6) is 3.88. The molecule has 0 fully saturated rings. The van der Waals surface area contributed by atoms with Crippen LogP contribution in [0.1, 0.15) is 5.56 Å². The van der Waals surface area contributed by atoms with Crippen molar-refractivity contribution in [1.29, 1.82) is 0 Å². The Morgan fingerprint density at radius 1 is 1.47 bits per heavy atom. The average molecular weight is 211 g/mol. The van der Waals surface area contributed by atoms with Crippen LogP contribution in [0, 0.1) is 0 Å². The fourth-order valence-corrected chi connectivity index (χ4v) is 1.33. The lowest BCUT2D eigenvalue weighted by Crippen LogP contribution is -2.44. The van der Waals surface area contributed by atoms with Crippen LogP contribution in [-0.2, 0) is 20.0 Å². The Labute approximate surface area is 87.4 Å². The van der Waals surface area contributed by atoms with Crippen molar-refractivity contribution in [1.82, 2.24) is 0 Å². The van der Waals surface area contributed by atoms with Crippen molar-refractivity contribution >= 4 is 5.97 Å². The van der Waals surface area contributed by atoms with Crippen molar-refractivity contribution < 1.29 is 19.5 Å². The zero-order valence-electron chi connectivity index (χ0n) is 8.34. The van der Waals surface area contributed by atoms with Gasteiger partial charge in [-0.2, -0.15) is 0 Å². The number of ether oxygens (including phenoxy) is 1. The largest absolute Gasteiger partial charge is 0.479 e. The summed E-state index contributed by atoms with van der Waals surface area (Å²) in [7, 11) is 1.39. The van der Waals surface area contributed by atoms with Crippen LogP contribution in [0.5, 0.6) is 0 Å². The first kappa shape index (κ1) is 11.6. The molecule has 0 aromatic heterocycles. The molecule has 1 aromatic rings. The van der Waals surface area contributed by atoms with Crippen LogP contribution in [0.3, 0.4) is 0 Å². The molecule has 5 nitrogen and oxygen atoms in total. The number of hydrogen-bond acceptors (Lipinski definition) is 4.